The zero-order chi connectivity index (χ0) is 20.3. The molecule has 0 aromatic rings. The van der Waals surface area contributed by atoms with E-state index >= 15 is 0 Å². The van der Waals surface area contributed by atoms with Gasteiger partial charge in [0.25, 0.3) is 0 Å². The average Bonchev–Trinajstić information content (AvgIpc) is 3.01. The Balaban J connectivity index is 1.62. The highest BCUT2D eigenvalue weighted by Gasteiger charge is 2.61. The van der Waals surface area contributed by atoms with Crippen LogP contribution in [0.1, 0.15) is 92.4 Å². The molecule has 4 rings (SSSR count). The highest BCUT2D eigenvalue weighted by atomic mass is 16.2. The fourth-order valence-corrected chi connectivity index (χ4v) is 7.90. The molecule has 0 heterocycles. The van der Waals surface area contributed by atoms with Gasteiger partial charge in [-0.25, -0.2) is 0 Å². The van der Waals surface area contributed by atoms with Gasteiger partial charge in [0.1, 0.15) is 0 Å². The van der Waals surface area contributed by atoms with Crippen molar-refractivity contribution in [1.29, 1.82) is 0 Å². The van der Waals surface area contributed by atoms with Crippen LogP contribution in [-0.2, 0) is 9.59 Å². The smallest absolute Gasteiger partial charge is 0.224 e. The highest BCUT2D eigenvalue weighted by molar-refractivity contribution is 5.91. The van der Waals surface area contributed by atoms with Crippen molar-refractivity contribution in [2.75, 3.05) is 0 Å². The SMILES string of the molecule is CC[C@]12CC[C@H]3[C@@H](CCC4=CC(=O)CC[C@@]43C)[C@@H]1CCC2C(=O)NC(C)(C)C. The summed E-state index contributed by atoms with van der Waals surface area (Å²) >= 11 is 0. The third kappa shape index (κ3) is 2.99. The summed E-state index contributed by atoms with van der Waals surface area (Å²) in [6.07, 6.45) is 11.9. The molecule has 1 unspecified atom stereocenters. The average molecular weight is 386 g/mol. The van der Waals surface area contributed by atoms with Crippen LogP contribution >= 0.6 is 0 Å². The molecule has 1 N–H and O–H groups in total. The molecule has 3 saturated carbocycles. The first-order valence-electron chi connectivity index (χ1n) is 11.7. The third-order valence-corrected chi connectivity index (χ3v) is 9.15. The van der Waals surface area contributed by atoms with E-state index in [1.165, 1.54) is 31.3 Å². The lowest BCUT2D eigenvalue weighted by atomic mass is 9.46. The zero-order valence-electron chi connectivity index (χ0n) is 18.6. The van der Waals surface area contributed by atoms with Crippen LogP contribution in [0.2, 0.25) is 0 Å². The fraction of sp³-hybridized carbons (Fsp3) is 0.840. The first-order chi connectivity index (χ1) is 13.1. The second-order valence-electron chi connectivity index (χ2n) is 11.5. The van der Waals surface area contributed by atoms with Gasteiger partial charge in [-0.3, -0.25) is 9.59 Å². The molecular weight excluding hydrogens is 346 g/mol. The summed E-state index contributed by atoms with van der Waals surface area (Å²) in [6.45, 7) is 11.0. The summed E-state index contributed by atoms with van der Waals surface area (Å²) in [5.41, 5.74) is 1.70. The number of hydrogen-bond acceptors (Lipinski definition) is 2. The molecule has 0 aromatic carbocycles. The highest BCUT2D eigenvalue weighted by Crippen LogP contribution is 2.67. The molecule has 3 fully saturated rings. The van der Waals surface area contributed by atoms with Crippen molar-refractivity contribution in [3.05, 3.63) is 11.6 Å². The number of rotatable bonds is 2. The van der Waals surface area contributed by atoms with Gasteiger partial charge in [-0.05, 0) is 107 Å². The van der Waals surface area contributed by atoms with Crippen molar-refractivity contribution in [2.24, 2.45) is 34.5 Å². The van der Waals surface area contributed by atoms with E-state index in [2.05, 4.69) is 39.9 Å². The van der Waals surface area contributed by atoms with Gasteiger partial charge in [0.15, 0.2) is 5.78 Å². The minimum absolute atomic E-state index is 0.159. The Morgan fingerprint density at radius 3 is 2.54 bits per heavy atom. The van der Waals surface area contributed by atoms with Crippen molar-refractivity contribution >= 4 is 11.7 Å². The van der Waals surface area contributed by atoms with Crippen molar-refractivity contribution < 1.29 is 9.59 Å². The number of fused-ring (bicyclic) bond motifs is 5. The monoisotopic (exact) mass is 385 g/mol. The maximum atomic E-state index is 13.2. The van der Waals surface area contributed by atoms with Crippen LogP contribution in [0.5, 0.6) is 0 Å². The standard InChI is InChI=1S/C25H39NO2/c1-6-25-14-12-19-18(8-7-16-15-17(27)11-13-24(16,19)5)20(25)9-10-21(25)22(28)26-23(2,3)4/h15,18-21H,6-14H2,1-5H3,(H,26,28)/t18-,19+,20+,21?,24+,25+/m1/s1. The summed E-state index contributed by atoms with van der Waals surface area (Å²) in [7, 11) is 0. The normalized spacial score (nSPS) is 42.9. The second-order valence-corrected chi connectivity index (χ2v) is 11.5. The summed E-state index contributed by atoms with van der Waals surface area (Å²) in [4.78, 5) is 25.2. The first kappa shape index (κ1) is 20.2. The summed E-state index contributed by atoms with van der Waals surface area (Å²) in [6, 6.07) is 0. The summed E-state index contributed by atoms with van der Waals surface area (Å²) < 4.78 is 0. The lowest BCUT2D eigenvalue weighted by Crippen LogP contribution is -2.54. The molecule has 0 radical (unpaired) electrons. The van der Waals surface area contributed by atoms with E-state index in [1.54, 1.807) is 0 Å². The van der Waals surface area contributed by atoms with Gasteiger partial charge in [0, 0.05) is 17.9 Å². The van der Waals surface area contributed by atoms with Gasteiger partial charge in [-0.1, -0.05) is 19.4 Å². The van der Waals surface area contributed by atoms with Gasteiger partial charge < -0.3 is 5.32 Å². The van der Waals surface area contributed by atoms with E-state index in [9.17, 15) is 9.59 Å². The molecule has 4 aliphatic carbocycles. The molecule has 0 aromatic heterocycles. The predicted octanol–water partition coefficient (Wildman–Crippen LogP) is 5.44. The van der Waals surface area contributed by atoms with Gasteiger partial charge >= 0.3 is 0 Å². The molecular formula is C25H39NO2. The van der Waals surface area contributed by atoms with E-state index in [1.807, 2.05) is 6.08 Å². The van der Waals surface area contributed by atoms with Crippen molar-refractivity contribution in [2.45, 2.75) is 97.9 Å². The van der Waals surface area contributed by atoms with E-state index in [0.717, 1.165) is 38.0 Å². The van der Waals surface area contributed by atoms with Crippen LogP contribution in [0.15, 0.2) is 11.6 Å². The van der Waals surface area contributed by atoms with E-state index in [-0.39, 0.29) is 22.3 Å². The first-order valence-corrected chi connectivity index (χ1v) is 11.7. The number of amides is 1. The van der Waals surface area contributed by atoms with E-state index < -0.39 is 0 Å². The third-order valence-electron chi connectivity index (χ3n) is 9.15. The number of carbonyl (C=O) groups is 2. The Labute approximate surface area is 171 Å². The topological polar surface area (TPSA) is 46.2 Å². The molecule has 0 aliphatic heterocycles. The minimum Gasteiger partial charge on any atom is -0.351 e. The fourth-order valence-electron chi connectivity index (χ4n) is 7.90. The minimum atomic E-state index is -0.159. The van der Waals surface area contributed by atoms with Gasteiger partial charge in [0.2, 0.25) is 5.91 Å². The quantitative estimate of drug-likeness (QED) is 0.688. The van der Waals surface area contributed by atoms with Crippen LogP contribution in [0.3, 0.4) is 0 Å². The Morgan fingerprint density at radius 1 is 1.11 bits per heavy atom. The number of carbonyl (C=O) groups excluding carboxylic acids is 2. The predicted molar refractivity (Wildman–Crippen MR) is 113 cm³/mol. The number of allylic oxidation sites excluding steroid dienone is 1. The molecule has 3 heteroatoms. The molecule has 4 aliphatic rings. The molecule has 6 atom stereocenters. The molecule has 1 amide bonds. The van der Waals surface area contributed by atoms with Crippen molar-refractivity contribution in [3.8, 4) is 0 Å². The zero-order valence-corrected chi connectivity index (χ0v) is 18.6. The Bertz CT molecular complexity index is 702. The van der Waals surface area contributed by atoms with Crippen molar-refractivity contribution in [3.63, 3.8) is 0 Å². The molecule has 0 spiro atoms. The van der Waals surface area contributed by atoms with E-state index in [4.69, 9.17) is 0 Å². The van der Waals surface area contributed by atoms with Crippen LogP contribution < -0.4 is 5.32 Å². The Kier molecular flexibility index (Phi) is 4.83. The Morgan fingerprint density at radius 2 is 1.86 bits per heavy atom. The molecule has 0 bridgehead atoms. The Hall–Kier alpha value is -1.12. The van der Waals surface area contributed by atoms with E-state index in [0.29, 0.717) is 23.5 Å². The maximum absolute atomic E-state index is 13.2. The summed E-state index contributed by atoms with van der Waals surface area (Å²) in [5, 5.41) is 3.30. The van der Waals surface area contributed by atoms with Crippen molar-refractivity contribution in [1.82, 2.24) is 5.32 Å². The lowest BCUT2D eigenvalue weighted by Gasteiger charge is -2.58. The molecule has 156 valence electrons. The maximum Gasteiger partial charge on any atom is 0.224 e. The number of ketones is 1. The van der Waals surface area contributed by atoms with Gasteiger partial charge in [-0.15, -0.1) is 0 Å². The second kappa shape index (κ2) is 6.71. The van der Waals surface area contributed by atoms with Crippen LogP contribution in [0, 0.1) is 34.5 Å². The van der Waals surface area contributed by atoms with Crippen LogP contribution in [0.4, 0.5) is 0 Å². The molecule has 28 heavy (non-hydrogen) atoms. The molecule has 3 nitrogen and oxygen atoms in total. The number of hydrogen-bond donors (Lipinski definition) is 1. The largest absolute Gasteiger partial charge is 0.351 e. The lowest BCUT2D eigenvalue weighted by molar-refractivity contribution is -0.135. The summed E-state index contributed by atoms with van der Waals surface area (Å²) in [5.74, 6) is 2.93. The van der Waals surface area contributed by atoms with Gasteiger partial charge in [0.05, 0.1) is 0 Å². The van der Waals surface area contributed by atoms with Crippen LogP contribution in [-0.4, -0.2) is 17.2 Å². The molecule has 0 saturated heterocycles. The van der Waals surface area contributed by atoms with Gasteiger partial charge in [-0.2, -0.15) is 0 Å². The van der Waals surface area contributed by atoms with Crippen LogP contribution in [0.25, 0.3) is 0 Å². The number of nitrogens with one attached hydrogen (secondary N) is 1.